The van der Waals surface area contributed by atoms with Gasteiger partial charge < -0.3 is 5.32 Å². The zero-order valence-electron chi connectivity index (χ0n) is 13.5. The maximum atomic E-state index is 13.8. The van der Waals surface area contributed by atoms with Crippen LogP contribution in [-0.2, 0) is 0 Å². The van der Waals surface area contributed by atoms with Crippen molar-refractivity contribution < 1.29 is 9.18 Å². The predicted octanol–water partition coefficient (Wildman–Crippen LogP) is 4.76. The number of halogens is 1. The van der Waals surface area contributed by atoms with E-state index in [-0.39, 0.29) is 11.6 Å². The Morgan fingerprint density at radius 1 is 1.00 bits per heavy atom. The number of aryl methyl sites for hydroxylation is 2. The van der Waals surface area contributed by atoms with Gasteiger partial charge in [-0.25, -0.2) is 4.39 Å². The van der Waals surface area contributed by atoms with Gasteiger partial charge in [-0.15, -0.1) is 0 Å². The maximum absolute atomic E-state index is 13.8. The Hall–Kier alpha value is -3.01. The topological polar surface area (TPSA) is 42.0 Å². The Kier molecular flexibility index (Phi) is 4.38. The SMILES string of the molecule is Cc1ccc(F)c(NC(=O)c2ccc(-c3ccccc3)nc2C)c1. The van der Waals surface area contributed by atoms with Crippen LogP contribution in [0.25, 0.3) is 11.3 Å². The molecular weight excluding hydrogens is 303 g/mol. The number of carbonyl (C=O) groups excluding carboxylic acids is 1. The molecule has 0 aliphatic carbocycles. The number of pyridine rings is 1. The fraction of sp³-hybridized carbons (Fsp3) is 0.100. The molecule has 3 rings (SSSR count). The Labute approximate surface area is 140 Å². The molecule has 120 valence electrons. The molecule has 1 N–H and O–H groups in total. The summed E-state index contributed by atoms with van der Waals surface area (Å²) in [5.74, 6) is -0.829. The minimum Gasteiger partial charge on any atom is -0.319 e. The van der Waals surface area contributed by atoms with Crippen LogP contribution < -0.4 is 5.32 Å². The molecule has 0 saturated heterocycles. The molecule has 4 heteroatoms. The van der Waals surface area contributed by atoms with Crippen molar-refractivity contribution in [3.8, 4) is 11.3 Å². The van der Waals surface area contributed by atoms with Crippen LogP contribution in [0.5, 0.6) is 0 Å². The third-order valence-electron chi connectivity index (χ3n) is 3.77. The van der Waals surface area contributed by atoms with E-state index in [1.165, 1.54) is 6.07 Å². The molecule has 24 heavy (non-hydrogen) atoms. The molecule has 0 spiro atoms. The Morgan fingerprint density at radius 3 is 2.46 bits per heavy atom. The number of nitrogens with one attached hydrogen (secondary N) is 1. The first-order valence-electron chi connectivity index (χ1n) is 7.65. The summed E-state index contributed by atoms with van der Waals surface area (Å²) >= 11 is 0. The van der Waals surface area contributed by atoms with Gasteiger partial charge in [-0.05, 0) is 43.7 Å². The number of amides is 1. The fourth-order valence-electron chi connectivity index (χ4n) is 2.50. The van der Waals surface area contributed by atoms with Gasteiger partial charge in [0, 0.05) is 5.56 Å². The molecule has 1 aromatic heterocycles. The molecule has 0 aliphatic heterocycles. The summed E-state index contributed by atoms with van der Waals surface area (Å²) in [6, 6.07) is 17.9. The van der Waals surface area contributed by atoms with E-state index in [9.17, 15) is 9.18 Å². The standard InChI is InChI=1S/C20H17FN2O/c1-13-8-10-17(21)19(12-13)23-20(24)16-9-11-18(22-14(16)2)15-6-4-3-5-7-15/h3-12H,1-2H3,(H,23,24). The number of nitrogens with zero attached hydrogens (tertiary/aromatic N) is 1. The van der Waals surface area contributed by atoms with Gasteiger partial charge in [0.25, 0.3) is 5.91 Å². The third kappa shape index (κ3) is 3.33. The first kappa shape index (κ1) is 15.9. The smallest absolute Gasteiger partial charge is 0.257 e. The molecule has 2 aromatic carbocycles. The molecule has 0 fully saturated rings. The van der Waals surface area contributed by atoms with Gasteiger partial charge >= 0.3 is 0 Å². The van der Waals surface area contributed by atoms with Crippen LogP contribution in [0.15, 0.2) is 60.7 Å². The Bertz CT molecular complexity index is 891. The van der Waals surface area contributed by atoms with Crippen LogP contribution in [0, 0.1) is 19.7 Å². The van der Waals surface area contributed by atoms with E-state index in [1.54, 1.807) is 31.2 Å². The van der Waals surface area contributed by atoms with Crippen LogP contribution >= 0.6 is 0 Å². The zero-order valence-corrected chi connectivity index (χ0v) is 13.5. The van der Waals surface area contributed by atoms with Crippen LogP contribution in [0.1, 0.15) is 21.6 Å². The van der Waals surface area contributed by atoms with Gasteiger partial charge in [0.2, 0.25) is 0 Å². The van der Waals surface area contributed by atoms with Crippen LogP contribution in [0.3, 0.4) is 0 Å². The van der Waals surface area contributed by atoms with E-state index in [4.69, 9.17) is 0 Å². The van der Waals surface area contributed by atoms with Gasteiger partial charge in [-0.1, -0.05) is 36.4 Å². The lowest BCUT2D eigenvalue weighted by Crippen LogP contribution is -2.15. The molecule has 0 unspecified atom stereocenters. The Morgan fingerprint density at radius 2 is 1.75 bits per heavy atom. The highest BCUT2D eigenvalue weighted by atomic mass is 19.1. The number of aromatic nitrogens is 1. The average molecular weight is 320 g/mol. The molecule has 3 aromatic rings. The summed E-state index contributed by atoms with van der Waals surface area (Å²) < 4.78 is 13.8. The third-order valence-corrected chi connectivity index (χ3v) is 3.77. The number of carbonyl (C=O) groups is 1. The first-order chi connectivity index (χ1) is 11.5. The van der Waals surface area contributed by atoms with Crippen LogP contribution in [-0.4, -0.2) is 10.9 Å². The number of anilines is 1. The van der Waals surface area contributed by atoms with Gasteiger partial charge in [0.05, 0.1) is 22.6 Å². The van der Waals surface area contributed by atoms with E-state index in [0.717, 1.165) is 16.8 Å². The van der Waals surface area contributed by atoms with Crippen molar-refractivity contribution >= 4 is 11.6 Å². The molecule has 0 bridgehead atoms. The van der Waals surface area contributed by atoms with E-state index in [2.05, 4.69) is 10.3 Å². The van der Waals surface area contributed by atoms with E-state index < -0.39 is 5.82 Å². The van der Waals surface area contributed by atoms with E-state index in [0.29, 0.717) is 11.3 Å². The summed E-state index contributed by atoms with van der Waals surface area (Å²) in [6.07, 6.45) is 0. The van der Waals surface area contributed by atoms with Crippen molar-refractivity contribution in [3.05, 3.63) is 83.3 Å². The molecule has 0 aliphatic rings. The van der Waals surface area contributed by atoms with Crippen molar-refractivity contribution in [3.63, 3.8) is 0 Å². The second-order valence-electron chi connectivity index (χ2n) is 5.63. The molecule has 0 radical (unpaired) electrons. The largest absolute Gasteiger partial charge is 0.319 e. The van der Waals surface area contributed by atoms with Crippen LogP contribution in [0.4, 0.5) is 10.1 Å². The van der Waals surface area contributed by atoms with Crippen molar-refractivity contribution in [2.45, 2.75) is 13.8 Å². The molecule has 1 amide bonds. The highest BCUT2D eigenvalue weighted by Crippen LogP contribution is 2.21. The van der Waals surface area contributed by atoms with Crippen molar-refractivity contribution in [2.75, 3.05) is 5.32 Å². The van der Waals surface area contributed by atoms with Gasteiger partial charge in [0.1, 0.15) is 5.82 Å². The summed E-state index contributed by atoms with van der Waals surface area (Å²) in [5.41, 5.74) is 3.86. The van der Waals surface area contributed by atoms with Crippen molar-refractivity contribution in [1.29, 1.82) is 0 Å². The second-order valence-corrected chi connectivity index (χ2v) is 5.63. The van der Waals surface area contributed by atoms with Crippen LogP contribution in [0.2, 0.25) is 0 Å². The molecule has 3 nitrogen and oxygen atoms in total. The number of benzene rings is 2. The van der Waals surface area contributed by atoms with Gasteiger partial charge in [-0.2, -0.15) is 0 Å². The number of hydrogen-bond acceptors (Lipinski definition) is 2. The van der Waals surface area contributed by atoms with E-state index in [1.807, 2.05) is 37.3 Å². The second kappa shape index (κ2) is 6.62. The Balaban J connectivity index is 1.87. The highest BCUT2D eigenvalue weighted by Gasteiger charge is 2.13. The summed E-state index contributed by atoms with van der Waals surface area (Å²) in [7, 11) is 0. The number of rotatable bonds is 3. The highest BCUT2D eigenvalue weighted by molar-refractivity contribution is 6.05. The molecule has 0 atom stereocenters. The maximum Gasteiger partial charge on any atom is 0.257 e. The van der Waals surface area contributed by atoms with Gasteiger partial charge in [-0.3, -0.25) is 9.78 Å². The normalized spacial score (nSPS) is 10.5. The molecule has 1 heterocycles. The summed E-state index contributed by atoms with van der Waals surface area (Å²) in [4.78, 5) is 16.9. The zero-order chi connectivity index (χ0) is 17.1. The summed E-state index contributed by atoms with van der Waals surface area (Å²) in [5, 5.41) is 2.61. The fourth-order valence-corrected chi connectivity index (χ4v) is 2.50. The minimum atomic E-state index is -0.458. The molecular formula is C20H17FN2O. The van der Waals surface area contributed by atoms with Gasteiger partial charge in [0.15, 0.2) is 0 Å². The lowest BCUT2D eigenvalue weighted by molar-refractivity contribution is 0.102. The monoisotopic (exact) mass is 320 g/mol. The van der Waals surface area contributed by atoms with Crippen molar-refractivity contribution in [2.24, 2.45) is 0 Å². The average Bonchev–Trinajstić information content (AvgIpc) is 2.58. The minimum absolute atomic E-state index is 0.173. The van der Waals surface area contributed by atoms with Crippen molar-refractivity contribution in [1.82, 2.24) is 4.98 Å². The van der Waals surface area contributed by atoms with E-state index >= 15 is 0 Å². The first-order valence-corrected chi connectivity index (χ1v) is 7.65. The lowest BCUT2D eigenvalue weighted by atomic mass is 10.1. The number of hydrogen-bond donors (Lipinski definition) is 1. The molecule has 0 saturated carbocycles. The predicted molar refractivity (Wildman–Crippen MR) is 93.5 cm³/mol. The quantitative estimate of drug-likeness (QED) is 0.756. The summed E-state index contributed by atoms with van der Waals surface area (Å²) in [6.45, 7) is 3.62. The lowest BCUT2D eigenvalue weighted by Gasteiger charge is -2.10.